The number of halogens is 1. The Morgan fingerprint density at radius 3 is 2.71 bits per heavy atom. The van der Waals surface area contributed by atoms with Gasteiger partial charge in [-0.15, -0.1) is 0 Å². The predicted octanol–water partition coefficient (Wildman–Crippen LogP) is 3.57. The van der Waals surface area contributed by atoms with Gasteiger partial charge in [0.1, 0.15) is 11.6 Å². The van der Waals surface area contributed by atoms with Crippen LogP contribution in [0, 0.1) is 5.82 Å². The number of fused-ring (bicyclic) bond motifs is 1. The Hall–Kier alpha value is -1.87. The molecule has 1 heterocycles. The Morgan fingerprint density at radius 1 is 1.19 bits per heavy atom. The highest BCUT2D eigenvalue weighted by molar-refractivity contribution is 5.47. The Morgan fingerprint density at radius 2 is 1.95 bits per heavy atom. The molecule has 0 aromatic heterocycles. The maximum absolute atomic E-state index is 13.0. The highest BCUT2D eigenvalue weighted by atomic mass is 19.1. The van der Waals surface area contributed by atoms with Crippen LogP contribution < -0.4 is 10.5 Å². The summed E-state index contributed by atoms with van der Waals surface area (Å²) in [7, 11) is 0. The molecule has 0 spiro atoms. The zero-order valence-electron chi connectivity index (χ0n) is 12.2. The summed E-state index contributed by atoms with van der Waals surface area (Å²) in [6, 6.07) is 12.7. The van der Waals surface area contributed by atoms with Crippen LogP contribution >= 0.6 is 0 Å². The molecular formula is C18H20FNO. The van der Waals surface area contributed by atoms with Gasteiger partial charge >= 0.3 is 0 Å². The Bertz CT molecular complexity index is 634. The Kier molecular flexibility index (Phi) is 3.68. The van der Waals surface area contributed by atoms with Gasteiger partial charge in [-0.25, -0.2) is 4.39 Å². The van der Waals surface area contributed by atoms with Gasteiger partial charge in [-0.3, -0.25) is 0 Å². The minimum absolute atomic E-state index is 0.224. The first kappa shape index (κ1) is 14.1. The van der Waals surface area contributed by atoms with Crippen molar-refractivity contribution in [1.82, 2.24) is 0 Å². The fraction of sp³-hybridized carbons (Fsp3) is 0.333. The van der Waals surface area contributed by atoms with Gasteiger partial charge in [0.2, 0.25) is 0 Å². The monoisotopic (exact) mass is 285 g/mol. The lowest BCUT2D eigenvalue weighted by atomic mass is 9.84. The van der Waals surface area contributed by atoms with Gasteiger partial charge in [-0.05, 0) is 49.4 Å². The summed E-state index contributed by atoms with van der Waals surface area (Å²) < 4.78 is 18.9. The fourth-order valence-electron chi connectivity index (χ4n) is 2.96. The lowest BCUT2D eigenvalue weighted by molar-refractivity contribution is 0.277. The molecule has 0 radical (unpaired) electrons. The number of ether oxygens (including phenoxy) is 1. The van der Waals surface area contributed by atoms with Gasteiger partial charge in [0, 0.05) is 11.1 Å². The van der Waals surface area contributed by atoms with Crippen LogP contribution in [0.3, 0.4) is 0 Å². The molecule has 2 nitrogen and oxygen atoms in total. The van der Waals surface area contributed by atoms with E-state index in [1.165, 1.54) is 17.7 Å². The molecule has 2 aromatic carbocycles. The van der Waals surface area contributed by atoms with Gasteiger partial charge in [0.05, 0.1) is 6.61 Å². The molecule has 0 aliphatic carbocycles. The summed E-state index contributed by atoms with van der Waals surface area (Å²) in [6.45, 7) is 2.75. The van der Waals surface area contributed by atoms with Crippen LogP contribution in [-0.4, -0.2) is 6.61 Å². The first-order chi connectivity index (χ1) is 10.1. The quantitative estimate of drug-likeness (QED) is 0.935. The maximum Gasteiger partial charge on any atom is 0.127 e. The third kappa shape index (κ3) is 2.93. The SMILES string of the molecule is CC(N)(Cc1ccc(F)cc1)c1cccc2c1OCCC2. The van der Waals surface area contributed by atoms with Crippen LogP contribution in [0.2, 0.25) is 0 Å². The number of rotatable bonds is 3. The number of aryl methyl sites for hydroxylation is 1. The first-order valence-corrected chi connectivity index (χ1v) is 7.35. The number of hydrogen-bond acceptors (Lipinski definition) is 2. The van der Waals surface area contributed by atoms with Crippen molar-refractivity contribution in [3.05, 3.63) is 65.0 Å². The lowest BCUT2D eigenvalue weighted by Gasteiger charge is -2.30. The molecule has 1 atom stereocenters. The zero-order chi connectivity index (χ0) is 14.9. The standard InChI is InChI=1S/C18H20FNO/c1-18(20,12-13-7-9-15(19)10-8-13)16-6-2-4-14-5-3-11-21-17(14)16/h2,4,6-10H,3,5,11-12,20H2,1H3. The molecular weight excluding hydrogens is 265 g/mol. The van der Waals surface area contributed by atoms with Gasteiger partial charge in [0.15, 0.2) is 0 Å². The molecule has 0 bridgehead atoms. The lowest BCUT2D eigenvalue weighted by Crippen LogP contribution is -2.36. The van der Waals surface area contributed by atoms with Crippen molar-refractivity contribution in [2.45, 2.75) is 31.7 Å². The van der Waals surface area contributed by atoms with E-state index >= 15 is 0 Å². The van der Waals surface area contributed by atoms with Crippen LogP contribution in [0.15, 0.2) is 42.5 Å². The van der Waals surface area contributed by atoms with E-state index < -0.39 is 5.54 Å². The fourth-order valence-corrected chi connectivity index (χ4v) is 2.96. The number of benzene rings is 2. The van der Waals surface area contributed by atoms with Crippen LogP contribution in [0.4, 0.5) is 4.39 Å². The maximum atomic E-state index is 13.0. The molecule has 3 rings (SSSR count). The minimum Gasteiger partial charge on any atom is -0.493 e. The second-order valence-electron chi connectivity index (χ2n) is 5.97. The van der Waals surface area contributed by atoms with E-state index in [0.717, 1.165) is 36.3 Å². The molecule has 0 saturated carbocycles. The highest BCUT2D eigenvalue weighted by Gasteiger charge is 2.28. The van der Waals surface area contributed by atoms with Crippen molar-refractivity contribution >= 4 is 0 Å². The van der Waals surface area contributed by atoms with Crippen molar-refractivity contribution in [3.8, 4) is 5.75 Å². The molecule has 0 amide bonds. The summed E-state index contributed by atoms with van der Waals surface area (Å²) in [5.41, 5.74) is 9.30. The molecule has 1 aliphatic heterocycles. The molecule has 0 fully saturated rings. The molecule has 0 saturated heterocycles. The average Bonchev–Trinajstić information content (AvgIpc) is 2.49. The van der Waals surface area contributed by atoms with Crippen LogP contribution in [-0.2, 0) is 18.4 Å². The first-order valence-electron chi connectivity index (χ1n) is 7.35. The van der Waals surface area contributed by atoms with E-state index in [-0.39, 0.29) is 5.82 Å². The third-order valence-electron chi connectivity index (χ3n) is 4.03. The van der Waals surface area contributed by atoms with Gasteiger partial charge in [0.25, 0.3) is 0 Å². The average molecular weight is 285 g/mol. The van der Waals surface area contributed by atoms with E-state index in [1.807, 2.05) is 19.1 Å². The second-order valence-corrected chi connectivity index (χ2v) is 5.97. The van der Waals surface area contributed by atoms with Crippen LogP contribution in [0.1, 0.15) is 30.0 Å². The zero-order valence-corrected chi connectivity index (χ0v) is 12.2. The second kappa shape index (κ2) is 5.49. The van der Waals surface area contributed by atoms with Crippen LogP contribution in [0.5, 0.6) is 5.75 Å². The summed E-state index contributed by atoms with van der Waals surface area (Å²) in [5.74, 6) is 0.716. The summed E-state index contributed by atoms with van der Waals surface area (Å²) in [6.07, 6.45) is 2.73. The molecule has 2 aromatic rings. The summed E-state index contributed by atoms with van der Waals surface area (Å²) in [4.78, 5) is 0. The molecule has 2 N–H and O–H groups in total. The van der Waals surface area contributed by atoms with E-state index in [2.05, 4.69) is 6.07 Å². The number of para-hydroxylation sites is 1. The Balaban J connectivity index is 1.92. The predicted molar refractivity (Wildman–Crippen MR) is 81.9 cm³/mol. The molecule has 1 aliphatic rings. The van der Waals surface area contributed by atoms with Crippen molar-refractivity contribution < 1.29 is 9.13 Å². The molecule has 21 heavy (non-hydrogen) atoms. The van der Waals surface area contributed by atoms with E-state index in [4.69, 9.17) is 10.5 Å². The van der Waals surface area contributed by atoms with Crippen molar-refractivity contribution in [1.29, 1.82) is 0 Å². The summed E-state index contributed by atoms with van der Waals surface area (Å²) in [5, 5.41) is 0. The number of nitrogens with two attached hydrogens (primary N) is 1. The van der Waals surface area contributed by atoms with Gasteiger partial charge < -0.3 is 10.5 Å². The topological polar surface area (TPSA) is 35.2 Å². The van der Waals surface area contributed by atoms with Crippen molar-refractivity contribution in [2.24, 2.45) is 5.73 Å². The largest absolute Gasteiger partial charge is 0.493 e. The Labute approximate surface area is 124 Å². The van der Waals surface area contributed by atoms with Crippen molar-refractivity contribution in [2.75, 3.05) is 6.61 Å². The highest BCUT2D eigenvalue weighted by Crippen LogP contribution is 2.36. The summed E-state index contributed by atoms with van der Waals surface area (Å²) >= 11 is 0. The van der Waals surface area contributed by atoms with Gasteiger partial charge in [-0.1, -0.05) is 30.3 Å². The normalized spacial score (nSPS) is 16.7. The molecule has 1 unspecified atom stereocenters. The van der Waals surface area contributed by atoms with E-state index in [0.29, 0.717) is 6.42 Å². The van der Waals surface area contributed by atoms with E-state index in [1.54, 1.807) is 12.1 Å². The van der Waals surface area contributed by atoms with E-state index in [9.17, 15) is 4.39 Å². The van der Waals surface area contributed by atoms with Crippen LogP contribution in [0.25, 0.3) is 0 Å². The number of hydrogen-bond donors (Lipinski definition) is 1. The minimum atomic E-state index is -0.541. The third-order valence-corrected chi connectivity index (χ3v) is 4.03. The van der Waals surface area contributed by atoms with Gasteiger partial charge in [-0.2, -0.15) is 0 Å². The molecule has 3 heteroatoms. The smallest absolute Gasteiger partial charge is 0.127 e. The van der Waals surface area contributed by atoms with Crippen molar-refractivity contribution in [3.63, 3.8) is 0 Å². The molecule has 110 valence electrons.